The standard InChI is InChI=1S/C16H31NO6/c1-20-22-15(18)11-7-3-5-9-13-17-14-10-6-4-8-12-16(19)23-21-2/h17H,3-14H2,1-2H3. The molecule has 0 spiro atoms. The van der Waals surface area contributed by atoms with E-state index < -0.39 is 0 Å². The van der Waals surface area contributed by atoms with Crippen LogP contribution in [0.3, 0.4) is 0 Å². The maximum absolute atomic E-state index is 11.0. The van der Waals surface area contributed by atoms with E-state index in [1.807, 2.05) is 0 Å². The van der Waals surface area contributed by atoms with Gasteiger partial charge in [-0.3, -0.25) is 9.78 Å². The van der Waals surface area contributed by atoms with Gasteiger partial charge in [-0.15, -0.1) is 0 Å². The van der Waals surface area contributed by atoms with Gasteiger partial charge in [0.2, 0.25) is 0 Å². The maximum Gasteiger partial charge on any atom is 0.342 e. The van der Waals surface area contributed by atoms with Crippen LogP contribution in [-0.4, -0.2) is 39.2 Å². The lowest BCUT2D eigenvalue weighted by molar-refractivity contribution is -0.255. The van der Waals surface area contributed by atoms with Crippen molar-refractivity contribution in [2.75, 3.05) is 27.3 Å². The Kier molecular flexibility index (Phi) is 16.3. The second-order valence-electron chi connectivity index (χ2n) is 5.32. The lowest BCUT2D eigenvalue weighted by Gasteiger charge is -2.05. The van der Waals surface area contributed by atoms with Crippen LogP contribution in [0.4, 0.5) is 0 Å². The molecule has 0 aliphatic carbocycles. The molecule has 0 rings (SSSR count). The van der Waals surface area contributed by atoms with E-state index in [1.54, 1.807) is 0 Å². The molecule has 0 aliphatic heterocycles. The molecule has 1 N–H and O–H groups in total. The monoisotopic (exact) mass is 333 g/mol. The maximum atomic E-state index is 11.0. The van der Waals surface area contributed by atoms with Gasteiger partial charge in [-0.2, -0.15) is 9.78 Å². The van der Waals surface area contributed by atoms with Gasteiger partial charge in [0.05, 0.1) is 14.2 Å². The van der Waals surface area contributed by atoms with Crippen LogP contribution in [0.25, 0.3) is 0 Å². The zero-order chi connectivity index (χ0) is 17.2. The quantitative estimate of drug-likeness (QED) is 0.264. The van der Waals surface area contributed by atoms with Gasteiger partial charge in [-0.05, 0) is 38.8 Å². The van der Waals surface area contributed by atoms with E-state index in [0.29, 0.717) is 12.8 Å². The molecule has 0 bridgehead atoms. The molecule has 0 aliphatic rings. The first-order chi connectivity index (χ1) is 11.2. The molecule has 23 heavy (non-hydrogen) atoms. The smallest absolute Gasteiger partial charge is 0.317 e. The largest absolute Gasteiger partial charge is 0.342 e. The number of carbonyl (C=O) groups is 2. The Morgan fingerprint density at radius 2 is 1.04 bits per heavy atom. The van der Waals surface area contributed by atoms with Gasteiger partial charge in [-0.25, -0.2) is 9.59 Å². The summed E-state index contributed by atoms with van der Waals surface area (Å²) in [4.78, 5) is 39.4. The van der Waals surface area contributed by atoms with Crippen molar-refractivity contribution in [3.8, 4) is 0 Å². The number of carbonyl (C=O) groups excluding carboxylic acids is 2. The Bertz CT molecular complexity index is 270. The zero-order valence-corrected chi connectivity index (χ0v) is 14.4. The average Bonchev–Trinajstić information content (AvgIpc) is 2.52. The normalized spacial score (nSPS) is 10.5. The molecule has 0 fully saturated rings. The zero-order valence-electron chi connectivity index (χ0n) is 14.4. The third-order valence-electron chi connectivity index (χ3n) is 3.32. The van der Waals surface area contributed by atoms with Crippen LogP contribution in [0.1, 0.15) is 64.2 Å². The number of nitrogens with one attached hydrogen (secondary N) is 1. The molecule has 0 atom stereocenters. The number of unbranched alkanes of at least 4 members (excludes halogenated alkanes) is 6. The van der Waals surface area contributed by atoms with Crippen molar-refractivity contribution in [1.82, 2.24) is 5.32 Å². The van der Waals surface area contributed by atoms with E-state index in [1.165, 1.54) is 14.2 Å². The van der Waals surface area contributed by atoms with Gasteiger partial charge >= 0.3 is 11.9 Å². The summed E-state index contributed by atoms with van der Waals surface area (Å²) in [5, 5.41) is 3.40. The first-order valence-corrected chi connectivity index (χ1v) is 8.38. The highest BCUT2D eigenvalue weighted by molar-refractivity contribution is 5.68. The van der Waals surface area contributed by atoms with Crippen molar-refractivity contribution in [3.63, 3.8) is 0 Å². The minimum absolute atomic E-state index is 0.305. The van der Waals surface area contributed by atoms with Crippen molar-refractivity contribution in [2.45, 2.75) is 64.2 Å². The van der Waals surface area contributed by atoms with Crippen LogP contribution >= 0.6 is 0 Å². The summed E-state index contributed by atoms with van der Waals surface area (Å²) in [5.41, 5.74) is 0. The second kappa shape index (κ2) is 17.2. The lowest BCUT2D eigenvalue weighted by atomic mass is 10.1. The molecule has 7 nitrogen and oxygen atoms in total. The van der Waals surface area contributed by atoms with E-state index in [-0.39, 0.29) is 11.9 Å². The predicted molar refractivity (Wildman–Crippen MR) is 85.2 cm³/mol. The van der Waals surface area contributed by atoms with Gasteiger partial charge in [0.1, 0.15) is 0 Å². The number of hydrogen-bond acceptors (Lipinski definition) is 7. The van der Waals surface area contributed by atoms with E-state index in [4.69, 9.17) is 0 Å². The molecule has 0 aromatic rings. The Hall–Kier alpha value is -1.18. The van der Waals surface area contributed by atoms with Gasteiger partial charge in [0.25, 0.3) is 0 Å². The molecular weight excluding hydrogens is 302 g/mol. The Balaban J connectivity index is 3.11. The summed E-state index contributed by atoms with van der Waals surface area (Å²) in [7, 11) is 2.66. The van der Waals surface area contributed by atoms with Crippen molar-refractivity contribution in [3.05, 3.63) is 0 Å². The van der Waals surface area contributed by atoms with E-state index in [0.717, 1.165) is 64.5 Å². The summed E-state index contributed by atoms with van der Waals surface area (Å²) in [5.74, 6) is -0.609. The molecular formula is C16H31NO6. The van der Waals surface area contributed by atoms with E-state index in [9.17, 15) is 9.59 Å². The molecule has 7 heteroatoms. The predicted octanol–water partition coefficient (Wildman–Crippen LogP) is 2.69. The van der Waals surface area contributed by atoms with Crippen molar-refractivity contribution < 1.29 is 29.1 Å². The first-order valence-electron chi connectivity index (χ1n) is 8.38. The molecule has 0 amide bonds. The minimum Gasteiger partial charge on any atom is -0.317 e. The summed E-state index contributed by atoms with van der Waals surface area (Å²) >= 11 is 0. The molecule has 136 valence electrons. The molecule has 0 aromatic carbocycles. The number of hydrogen-bond donors (Lipinski definition) is 1. The molecule has 0 heterocycles. The summed E-state index contributed by atoms with van der Waals surface area (Å²) < 4.78 is 0. The molecule has 0 saturated carbocycles. The highest BCUT2D eigenvalue weighted by Gasteiger charge is 2.03. The third kappa shape index (κ3) is 17.0. The van der Waals surface area contributed by atoms with Gasteiger partial charge < -0.3 is 5.32 Å². The average molecular weight is 333 g/mol. The van der Waals surface area contributed by atoms with Gasteiger partial charge in [-0.1, -0.05) is 25.7 Å². The van der Waals surface area contributed by atoms with Crippen LogP contribution in [0.15, 0.2) is 0 Å². The summed E-state index contributed by atoms with van der Waals surface area (Å²) in [6, 6.07) is 0. The fraction of sp³-hybridized carbons (Fsp3) is 0.875. The fourth-order valence-corrected chi connectivity index (χ4v) is 2.14. The van der Waals surface area contributed by atoms with Crippen LogP contribution in [-0.2, 0) is 29.1 Å². The van der Waals surface area contributed by atoms with E-state index in [2.05, 4.69) is 24.9 Å². The topological polar surface area (TPSA) is 83.1 Å². The van der Waals surface area contributed by atoms with Crippen LogP contribution in [0, 0.1) is 0 Å². The molecule has 0 radical (unpaired) electrons. The highest BCUT2D eigenvalue weighted by Crippen LogP contribution is 2.05. The minimum atomic E-state index is -0.305. The van der Waals surface area contributed by atoms with Crippen molar-refractivity contribution in [1.29, 1.82) is 0 Å². The van der Waals surface area contributed by atoms with Gasteiger partial charge in [0.15, 0.2) is 0 Å². The lowest BCUT2D eigenvalue weighted by Crippen LogP contribution is -2.16. The third-order valence-corrected chi connectivity index (χ3v) is 3.32. The van der Waals surface area contributed by atoms with Crippen molar-refractivity contribution >= 4 is 11.9 Å². The molecule has 0 unspecified atom stereocenters. The first kappa shape index (κ1) is 21.8. The summed E-state index contributed by atoms with van der Waals surface area (Å²) in [6.07, 6.45) is 9.00. The Morgan fingerprint density at radius 3 is 1.43 bits per heavy atom. The summed E-state index contributed by atoms with van der Waals surface area (Å²) in [6.45, 7) is 2.01. The SMILES string of the molecule is COOC(=O)CCCCCCNCCCCCCC(=O)OOC. The second-order valence-corrected chi connectivity index (χ2v) is 5.32. The molecule has 0 aromatic heterocycles. The van der Waals surface area contributed by atoms with Crippen LogP contribution < -0.4 is 5.32 Å². The van der Waals surface area contributed by atoms with Crippen LogP contribution in [0.2, 0.25) is 0 Å². The molecule has 0 saturated heterocycles. The van der Waals surface area contributed by atoms with Crippen LogP contribution in [0.5, 0.6) is 0 Å². The number of rotatable bonds is 16. The Morgan fingerprint density at radius 1 is 0.652 bits per heavy atom. The highest BCUT2D eigenvalue weighted by atomic mass is 17.2. The van der Waals surface area contributed by atoms with E-state index >= 15 is 0 Å². The fourth-order valence-electron chi connectivity index (χ4n) is 2.14. The Labute approximate surface area is 138 Å². The van der Waals surface area contributed by atoms with Gasteiger partial charge in [0, 0.05) is 12.8 Å². The van der Waals surface area contributed by atoms with Crippen molar-refractivity contribution in [2.24, 2.45) is 0 Å².